The van der Waals surface area contributed by atoms with Crippen molar-refractivity contribution in [3.63, 3.8) is 0 Å². The predicted octanol–water partition coefficient (Wildman–Crippen LogP) is 8.26. The van der Waals surface area contributed by atoms with Crippen molar-refractivity contribution in [1.29, 1.82) is 0 Å². The highest BCUT2D eigenvalue weighted by molar-refractivity contribution is 7.26. The molecule has 0 N–H and O–H groups in total. The summed E-state index contributed by atoms with van der Waals surface area (Å²) in [5, 5.41) is 5.40. The average Bonchev–Trinajstić information content (AvgIpc) is 3.88. The molecule has 0 atom stereocenters. The SMILES string of the molecule is c1ccc2c(c1)B1c3ccccc3N3c4cc5sc6ccccc6c5cc4B4c5cc6c(cc5N5c7ccccc7B7c8ccccc8N2c2c1c3c4c5c27)sc1ccccc16. The molecule has 0 amide bonds. The molecule has 9 aromatic carbocycles. The van der Waals surface area contributed by atoms with Crippen LogP contribution in [0.15, 0.2) is 170 Å². The van der Waals surface area contributed by atoms with Gasteiger partial charge in [0.15, 0.2) is 0 Å². The summed E-state index contributed by atoms with van der Waals surface area (Å²) >= 11 is 3.85. The third-order valence-corrected chi connectivity index (χ3v) is 17.4. The minimum Gasteiger partial charge on any atom is -0.312 e. The van der Waals surface area contributed by atoms with Crippen LogP contribution in [0, 0.1) is 0 Å². The van der Waals surface area contributed by atoms with Crippen LogP contribution in [0.3, 0.4) is 0 Å². The highest BCUT2D eigenvalue weighted by Gasteiger charge is 2.57. The second kappa shape index (κ2) is 10.7. The van der Waals surface area contributed by atoms with Crippen molar-refractivity contribution >= 4 is 184 Å². The summed E-state index contributed by atoms with van der Waals surface area (Å²) < 4.78 is 5.36. The molecule has 11 aromatic rings. The van der Waals surface area contributed by atoms with E-state index in [1.807, 2.05) is 22.7 Å². The molecule has 0 radical (unpaired) electrons. The van der Waals surface area contributed by atoms with E-state index in [0.29, 0.717) is 0 Å². The molecule has 17 rings (SSSR count). The van der Waals surface area contributed by atoms with Gasteiger partial charge in [-0.1, -0.05) is 121 Å². The van der Waals surface area contributed by atoms with Crippen LogP contribution in [0.1, 0.15) is 0 Å². The van der Waals surface area contributed by atoms with Gasteiger partial charge in [-0.05, 0) is 108 Å². The third-order valence-electron chi connectivity index (χ3n) is 15.2. The van der Waals surface area contributed by atoms with Crippen molar-refractivity contribution in [3.8, 4) is 0 Å². The average molecular weight is 815 g/mol. The summed E-state index contributed by atoms with van der Waals surface area (Å²) in [6.45, 7) is 0.181. The first-order valence-corrected chi connectivity index (χ1v) is 23.3. The molecule has 0 aliphatic carbocycles. The number of para-hydroxylation sites is 4. The molecule has 0 fully saturated rings. The Kier molecular flexibility index (Phi) is 5.50. The van der Waals surface area contributed by atoms with Gasteiger partial charge in [-0.3, -0.25) is 0 Å². The van der Waals surface area contributed by atoms with Crippen LogP contribution in [0.25, 0.3) is 40.3 Å². The lowest BCUT2D eigenvalue weighted by atomic mass is 9.24. The molecule has 0 saturated carbocycles. The van der Waals surface area contributed by atoms with Gasteiger partial charge in [0.2, 0.25) is 0 Å². The number of fused-ring (bicyclic) bond motifs is 24. The maximum atomic E-state index is 2.72. The summed E-state index contributed by atoms with van der Waals surface area (Å²) in [7, 11) is 0. The summed E-state index contributed by atoms with van der Waals surface area (Å²) in [6, 6.07) is 65.6. The molecular formula is C54H28B3N3S2. The minimum absolute atomic E-state index is 0.0183. The van der Waals surface area contributed by atoms with Gasteiger partial charge in [-0.25, -0.2) is 0 Å². The van der Waals surface area contributed by atoms with Crippen LogP contribution in [0.4, 0.5) is 51.2 Å². The maximum absolute atomic E-state index is 2.72. The van der Waals surface area contributed by atoms with Crippen molar-refractivity contribution in [2.45, 2.75) is 0 Å². The fourth-order valence-electron chi connectivity index (χ4n) is 13.0. The molecule has 280 valence electrons. The molecule has 8 heteroatoms. The van der Waals surface area contributed by atoms with Gasteiger partial charge in [-0.2, -0.15) is 0 Å². The van der Waals surface area contributed by atoms with Gasteiger partial charge in [-0.15, -0.1) is 22.7 Å². The number of hydrogen-bond acceptors (Lipinski definition) is 5. The Labute approximate surface area is 365 Å². The van der Waals surface area contributed by atoms with Gasteiger partial charge in [0, 0.05) is 80.8 Å². The van der Waals surface area contributed by atoms with E-state index in [2.05, 4.69) is 185 Å². The van der Waals surface area contributed by atoms with Crippen LogP contribution in [0.5, 0.6) is 0 Å². The number of anilines is 9. The van der Waals surface area contributed by atoms with E-state index in [9.17, 15) is 0 Å². The van der Waals surface area contributed by atoms with Crippen molar-refractivity contribution in [3.05, 3.63) is 170 Å². The Hall–Kier alpha value is -6.99. The second-order valence-electron chi connectivity index (χ2n) is 17.8. The number of hydrogen-bond donors (Lipinski definition) is 0. The fraction of sp³-hybridized carbons (Fsp3) is 0. The largest absolute Gasteiger partial charge is 0.312 e. The van der Waals surface area contributed by atoms with E-state index >= 15 is 0 Å². The van der Waals surface area contributed by atoms with Gasteiger partial charge in [0.05, 0.1) is 0 Å². The van der Waals surface area contributed by atoms with Crippen molar-refractivity contribution in [2.24, 2.45) is 0 Å². The first-order chi connectivity index (χ1) is 30.8. The smallest absolute Gasteiger partial charge is 0.252 e. The molecule has 2 aromatic heterocycles. The molecule has 8 heterocycles. The number of rotatable bonds is 0. The van der Waals surface area contributed by atoms with E-state index < -0.39 is 0 Å². The first kappa shape index (κ1) is 31.8. The van der Waals surface area contributed by atoms with Gasteiger partial charge in [0.25, 0.3) is 20.1 Å². The lowest BCUT2D eigenvalue weighted by molar-refractivity contribution is 1.24. The molecule has 0 unspecified atom stereocenters. The van der Waals surface area contributed by atoms with E-state index in [4.69, 9.17) is 0 Å². The summed E-state index contributed by atoms with van der Waals surface area (Å²) in [6.07, 6.45) is 0. The molecule has 0 bridgehead atoms. The number of nitrogens with zero attached hydrogens (tertiary/aromatic N) is 3. The predicted molar refractivity (Wildman–Crippen MR) is 270 cm³/mol. The molecular weight excluding hydrogens is 787 g/mol. The van der Waals surface area contributed by atoms with Crippen molar-refractivity contribution in [2.75, 3.05) is 14.7 Å². The molecule has 62 heavy (non-hydrogen) atoms. The monoisotopic (exact) mass is 815 g/mol. The topological polar surface area (TPSA) is 9.72 Å². The van der Waals surface area contributed by atoms with Crippen molar-refractivity contribution in [1.82, 2.24) is 0 Å². The highest BCUT2D eigenvalue weighted by Crippen LogP contribution is 2.52. The molecule has 6 aliphatic rings. The van der Waals surface area contributed by atoms with Crippen LogP contribution in [-0.4, -0.2) is 20.1 Å². The molecule has 6 aliphatic heterocycles. The zero-order valence-corrected chi connectivity index (χ0v) is 34.7. The molecule has 0 saturated heterocycles. The highest BCUT2D eigenvalue weighted by atomic mass is 32.1. The zero-order valence-electron chi connectivity index (χ0n) is 33.1. The minimum atomic E-state index is 0.0183. The summed E-state index contributed by atoms with van der Waals surface area (Å²) in [4.78, 5) is 8.10. The van der Waals surface area contributed by atoms with Gasteiger partial charge in [0.1, 0.15) is 0 Å². The lowest BCUT2D eigenvalue weighted by Crippen LogP contribution is -2.74. The van der Waals surface area contributed by atoms with Crippen LogP contribution in [-0.2, 0) is 0 Å². The van der Waals surface area contributed by atoms with Crippen LogP contribution >= 0.6 is 22.7 Å². The van der Waals surface area contributed by atoms with E-state index in [-0.39, 0.29) is 20.1 Å². The standard InChI is InChI=1S/C54H28B3N3S2/c1-11-23-45-29(13-1)31-25-37-43(27-47(31)61-45)59-41-21-9-5-17-35(41)55-33-15-3-7-19-39(33)58-40-20-8-4-16-34(40)56-36-18-6-10-22-42(36)60-44-28-48-32(30-14-2-12-24-46(30)62-48)26-38(44)57(37)51-53(59)49(55)52(58)50(56)54(51)60/h1-28H. The van der Waals surface area contributed by atoms with Gasteiger partial charge >= 0.3 is 0 Å². The first-order valence-electron chi connectivity index (χ1n) is 21.7. The quantitative estimate of drug-likeness (QED) is 0.143. The van der Waals surface area contributed by atoms with E-state index in [0.717, 1.165) is 0 Å². The van der Waals surface area contributed by atoms with E-state index in [1.165, 1.54) is 141 Å². The lowest BCUT2D eigenvalue weighted by Gasteiger charge is -2.55. The summed E-state index contributed by atoms with van der Waals surface area (Å²) in [5.74, 6) is 0. The Morgan fingerprint density at radius 1 is 0.274 bits per heavy atom. The Balaban J connectivity index is 1.13. The Bertz CT molecular complexity index is 3710. The van der Waals surface area contributed by atoms with Gasteiger partial charge < -0.3 is 14.7 Å². The fourth-order valence-corrected chi connectivity index (χ4v) is 15.2. The third kappa shape index (κ3) is 3.48. The maximum Gasteiger partial charge on any atom is 0.252 e. The molecule has 3 nitrogen and oxygen atoms in total. The van der Waals surface area contributed by atoms with E-state index in [1.54, 1.807) is 0 Å². The normalized spacial score (nSPS) is 14.9. The summed E-state index contributed by atoms with van der Waals surface area (Å²) in [5.41, 5.74) is 24.5. The Morgan fingerprint density at radius 3 is 1.00 bits per heavy atom. The van der Waals surface area contributed by atoms with Crippen LogP contribution in [0.2, 0.25) is 0 Å². The zero-order chi connectivity index (χ0) is 39.7. The Morgan fingerprint density at radius 2 is 0.597 bits per heavy atom. The molecule has 0 spiro atoms. The number of thiophene rings is 2. The van der Waals surface area contributed by atoms with Crippen LogP contribution < -0.4 is 63.9 Å². The van der Waals surface area contributed by atoms with Crippen molar-refractivity contribution < 1.29 is 0 Å². The number of benzene rings is 9. The second-order valence-corrected chi connectivity index (χ2v) is 20.0.